The molecule has 1 aromatic carbocycles. The van der Waals surface area contributed by atoms with Gasteiger partial charge in [0.1, 0.15) is 0 Å². The summed E-state index contributed by atoms with van der Waals surface area (Å²) in [6.07, 6.45) is 8.87. The van der Waals surface area contributed by atoms with Crippen molar-refractivity contribution in [2.45, 2.75) is 57.5 Å². The summed E-state index contributed by atoms with van der Waals surface area (Å²) in [5.41, 5.74) is 1.41. The summed E-state index contributed by atoms with van der Waals surface area (Å²) < 4.78 is 0. The molecule has 0 saturated carbocycles. The summed E-state index contributed by atoms with van der Waals surface area (Å²) in [6.45, 7) is 5.58. The van der Waals surface area contributed by atoms with Crippen LogP contribution in [0, 0.1) is 0 Å². The van der Waals surface area contributed by atoms with E-state index in [1.807, 2.05) is 7.05 Å². The van der Waals surface area contributed by atoms with E-state index < -0.39 is 0 Å². The van der Waals surface area contributed by atoms with Crippen LogP contribution < -0.4 is 10.6 Å². The van der Waals surface area contributed by atoms with E-state index in [0.29, 0.717) is 6.04 Å². The molecule has 1 aromatic rings. The highest BCUT2D eigenvalue weighted by Crippen LogP contribution is 2.13. The van der Waals surface area contributed by atoms with E-state index in [-0.39, 0.29) is 24.0 Å². The molecular weight excluding hydrogens is 473 g/mol. The topological polar surface area (TPSA) is 42.9 Å². The molecule has 0 spiro atoms. The smallest absolute Gasteiger partial charge is 0.191 e. The van der Waals surface area contributed by atoms with Gasteiger partial charge in [-0.25, -0.2) is 0 Å². The van der Waals surface area contributed by atoms with E-state index in [9.17, 15) is 0 Å². The first-order valence-electron chi connectivity index (χ1n) is 11.1. The molecular formula is C23H42IN5. The standard InChI is InChI=1S/C23H41N5.HI/c1-24-23(25-16-10-5-4-6-11-17-27(2)3)26-22-14-18-28(19-15-22)20-21-12-8-7-9-13-21;/h7-9,12-13,22H,4-6,10-11,14-20H2,1-3H3,(H2,24,25,26);1H. The number of nitrogens with zero attached hydrogens (tertiary/aromatic N) is 3. The molecule has 1 saturated heterocycles. The van der Waals surface area contributed by atoms with Gasteiger partial charge in [-0.05, 0) is 51.9 Å². The van der Waals surface area contributed by atoms with Gasteiger partial charge in [0.15, 0.2) is 5.96 Å². The number of rotatable bonds is 11. The quantitative estimate of drug-likeness (QED) is 0.203. The third-order valence-electron chi connectivity index (χ3n) is 5.48. The highest BCUT2D eigenvalue weighted by atomic mass is 127. The summed E-state index contributed by atoms with van der Waals surface area (Å²) in [5.74, 6) is 0.967. The summed E-state index contributed by atoms with van der Waals surface area (Å²) in [7, 11) is 6.17. The average Bonchev–Trinajstić information content (AvgIpc) is 2.71. The predicted octanol–water partition coefficient (Wildman–Crippen LogP) is 3.95. The van der Waals surface area contributed by atoms with Crippen LogP contribution in [-0.4, -0.2) is 69.1 Å². The second-order valence-corrected chi connectivity index (χ2v) is 8.25. The lowest BCUT2D eigenvalue weighted by Gasteiger charge is -2.33. The second-order valence-electron chi connectivity index (χ2n) is 8.25. The molecule has 29 heavy (non-hydrogen) atoms. The molecule has 0 aliphatic carbocycles. The van der Waals surface area contributed by atoms with Crippen LogP contribution in [0.4, 0.5) is 0 Å². The normalized spacial score (nSPS) is 15.9. The lowest BCUT2D eigenvalue weighted by molar-refractivity contribution is 0.198. The lowest BCUT2D eigenvalue weighted by atomic mass is 10.0. The average molecular weight is 516 g/mol. The number of hydrogen-bond donors (Lipinski definition) is 2. The number of piperidine rings is 1. The van der Waals surface area contributed by atoms with Gasteiger partial charge in [-0.15, -0.1) is 24.0 Å². The fourth-order valence-corrected chi connectivity index (χ4v) is 3.76. The third kappa shape index (κ3) is 11.8. The van der Waals surface area contributed by atoms with Gasteiger partial charge in [-0.3, -0.25) is 9.89 Å². The van der Waals surface area contributed by atoms with Gasteiger partial charge in [-0.1, -0.05) is 49.6 Å². The minimum absolute atomic E-state index is 0. The first-order chi connectivity index (χ1) is 13.7. The Morgan fingerprint density at radius 2 is 1.69 bits per heavy atom. The zero-order valence-electron chi connectivity index (χ0n) is 18.7. The van der Waals surface area contributed by atoms with Crippen molar-refractivity contribution in [3.05, 3.63) is 35.9 Å². The SMILES string of the molecule is CN=C(NCCCCCCCN(C)C)NC1CCN(Cc2ccccc2)CC1.I. The number of hydrogen-bond acceptors (Lipinski definition) is 3. The zero-order valence-corrected chi connectivity index (χ0v) is 21.0. The zero-order chi connectivity index (χ0) is 20.0. The summed E-state index contributed by atoms with van der Waals surface area (Å²) in [5, 5.41) is 7.11. The van der Waals surface area contributed by atoms with E-state index in [1.165, 1.54) is 57.1 Å². The van der Waals surface area contributed by atoms with Gasteiger partial charge < -0.3 is 15.5 Å². The molecule has 0 unspecified atom stereocenters. The fourth-order valence-electron chi connectivity index (χ4n) is 3.76. The van der Waals surface area contributed by atoms with Gasteiger partial charge >= 0.3 is 0 Å². The molecule has 0 radical (unpaired) electrons. The molecule has 1 aliphatic rings. The predicted molar refractivity (Wildman–Crippen MR) is 136 cm³/mol. The molecule has 1 fully saturated rings. The molecule has 0 atom stereocenters. The Morgan fingerprint density at radius 3 is 2.34 bits per heavy atom. The number of likely N-dealkylation sites (tertiary alicyclic amines) is 1. The van der Waals surface area contributed by atoms with Gasteiger partial charge in [0.2, 0.25) is 0 Å². The van der Waals surface area contributed by atoms with Gasteiger partial charge in [0.25, 0.3) is 0 Å². The first kappa shape index (κ1) is 26.2. The minimum Gasteiger partial charge on any atom is -0.356 e. The van der Waals surface area contributed by atoms with Gasteiger partial charge in [0.05, 0.1) is 0 Å². The Balaban J connectivity index is 0.00000420. The van der Waals surface area contributed by atoms with E-state index in [0.717, 1.165) is 32.1 Å². The van der Waals surface area contributed by atoms with Crippen LogP contribution in [0.1, 0.15) is 50.5 Å². The maximum absolute atomic E-state index is 4.41. The van der Waals surface area contributed by atoms with Crippen LogP contribution in [-0.2, 0) is 6.54 Å². The Bertz CT molecular complexity index is 541. The molecule has 2 N–H and O–H groups in total. The molecule has 1 heterocycles. The summed E-state index contributed by atoms with van der Waals surface area (Å²) in [6, 6.07) is 11.3. The Hall–Kier alpha value is -0.860. The van der Waals surface area contributed by atoms with Crippen molar-refractivity contribution in [3.63, 3.8) is 0 Å². The van der Waals surface area contributed by atoms with Gasteiger partial charge in [-0.2, -0.15) is 0 Å². The van der Waals surface area contributed by atoms with Crippen molar-refractivity contribution < 1.29 is 0 Å². The minimum atomic E-state index is 0. The monoisotopic (exact) mass is 515 g/mol. The molecule has 6 heteroatoms. The van der Waals surface area contributed by atoms with Crippen LogP contribution in [0.3, 0.4) is 0 Å². The number of benzene rings is 1. The fraction of sp³-hybridized carbons (Fsp3) is 0.696. The molecule has 2 rings (SSSR count). The van der Waals surface area contributed by atoms with Crippen molar-refractivity contribution >= 4 is 29.9 Å². The van der Waals surface area contributed by atoms with Crippen LogP contribution in [0.5, 0.6) is 0 Å². The molecule has 166 valence electrons. The maximum atomic E-state index is 4.41. The molecule has 0 bridgehead atoms. The van der Waals surface area contributed by atoms with Crippen molar-refractivity contribution in [2.24, 2.45) is 4.99 Å². The van der Waals surface area contributed by atoms with Crippen molar-refractivity contribution in [2.75, 3.05) is 47.3 Å². The lowest BCUT2D eigenvalue weighted by Crippen LogP contribution is -2.48. The van der Waals surface area contributed by atoms with Crippen molar-refractivity contribution in [1.29, 1.82) is 0 Å². The van der Waals surface area contributed by atoms with Crippen LogP contribution in [0.2, 0.25) is 0 Å². The molecule has 5 nitrogen and oxygen atoms in total. The molecule has 0 aromatic heterocycles. The van der Waals surface area contributed by atoms with E-state index in [1.54, 1.807) is 0 Å². The summed E-state index contributed by atoms with van der Waals surface area (Å²) >= 11 is 0. The van der Waals surface area contributed by atoms with Crippen LogP contribution in [0.25, 0.3) is 0 Å². The number of guanidine groups is 1. The van der Waals surface area contributed by atoms with Crippen molar-refractivity contribution in [1.82, 2.24) is 20.4 Å². The van der Waals surface area contributed by atoms with E-state index in [2.05, 4.69) is 69.9 Å². The maximum Gasteiger partial charge on any atom is 0.191 e. The third-order valence-corrected chi connectivity index (χ3v) is 5.48. The Labute approximate surface area is 195 Å². The highest BCUT2D eigenvalue weighted by Gasteiger charge is 2.19. The highest BCUT2D eigenvalue weighted by molar-refractivity contribution is 14.0. The van der Waals surface area contributed by atoms with Crippen molar-refractivity contribution in [3.8, 4) is 0 Å². The van der Waals surface area contributed by atoms with E-state index >= 15 is 0 Å². The van der Waals surface area contributed by atoms with E-state index in [4.69, 9.17) is 0 Å². The largest absolute Gasteiger partial charge is 0.356 e. The van der Waals surface area contributed by atoms with Crippen LogP contribution >= 0.6 is 24.0 Å². The number of nitrogens with one attached hydrogen (secondary N) is 2. The Morgan fingerprint density at radius 1 is 1.03 bits per heavy atom. The van der Waals surface area contributed by atoms with Gasteiger partial charge in [0, 0.05) is 39.3 Å². The first-order valence-corrected chi connectivity index (χ1v) is 11.1. The second kappa shape index (κ2) is 15.9. The number of halogens is 1. The summed E-state index contributed by atoms with van der Waals surface area (Å²) in [4.78, 5) is 9.23. The Kier molecular flexibility index (Phi) is 14.4. The van der Waals surface area contributed by atoms with Crippen LogP contribution in [0.15, 0.2) is 35.3 Å². The number of unbranched alkanes of at least 4 members (excludes halogenated alkanes) is 4. The molecule has 0 amide bonds. The number of aliphatic imine (C=N–C) groups is 1. The molecule has 1 aliphatic heterocycles.